The summed E-state index contributed by atoms with van der Waals surface area (Å²) in [5, 5.41) is 0. The zero-order chi connectivity index (χ0) is 22.9. The number of nitrogens with zero attached hydrogens (tertiary/aromatic N) is 2. The number of ketones is 1. The Morgan fingerprint density at radius 2 is 1.94 bits per heavy atom. The lowest BCUT2D eigenvalue weighted by molar-refractivity contribution is 0.0865. The molecule has 0 saturated carbocycles. The molecule has 168 valence electrons. The summed E-state index contributed by atoms with van der Waals surface area (Å²) in [7, 11) is 3.16. The van der Waals surface area contributed by atoms with E-state index >= 15 is 0 Å². The Balaban J connectivity index is 1.42. The number of fused-ring (bicyclic) bond motifs is 2. The van der Waals surface area contributed by atoms with E-state index in [1.165, 1.54) is 0 Å². The van der Waals surface area contributed by atoms with Gasteiger partial charge in [-0.25, -0.2) is 0 Å². The smallest absolute Gasteiger partial charge is 0.231 e. The summed E-state index contributed by atoms with van der Waals surface area (Å²) in [6, 6.07) is 13.2. The van der Waals surface area contributed by atoms with Gasteiger partial charge in [0.2, 0.25) is 5.78 Å². The molecule has 2 aromatic carbocycles. The standard InChI is InChI=1S/C26H24N2O5/c1-16-25-18(13-28(15-32-25)14-19-6-4-5-9-27-19)12-20-24(29)23(33-26(16)20)11-17-7-8-21(30-2)22(10-17)31-3/h4-12H,13-15H2,1-3H3/b23-11+. The topological polar surface area (TPSA) is 70.1 Å². The average molecular weight is 444 g/mol. The van der Waals surface area contributed by atoms with Crippen LogP contribution in [0.5, 0.6) is 23.0 Å². The molecule has 2 aliphatic heterocycles. The molecule has 3 heterocycles. The molecule has 1 aromatic heterocycles. The number of hydrogen-bond acceptors (Lipinski definition) is 7. The van der Waals surface area contributed by atoms with Crippen molar-refractivity contribution >= 4 is 11.9 Å². The molecular weight excluding hydrogens is 420 g/mol. The van der Waals surface area contributed by atoms with Gasteiger partial charge in [-0.3, -0.25) is 14.7 Å². The van der Waals surface area contributed by atoms with Crippen LogP contribution in [0.1, 0.15) is 32.7 Å². The summed E-state index contributed by atoms with van der Waals surface area (Å²) in [5.74, 6) is 2.68. The third-order valence-electron chi connectivity index (χ3n) is 5.82. The fourth-order valence-electron chi connectivity index (χ4n) is 4.21. The molecule has 0 radical (unpaired) electrons. The molecule has 3 aromatic rings. The predicted molar refractivity (Wildman–Crippen MR) is 123 cm³/mol. The first-order valence-corrected chi connectivity index (χ1v) is 10.6. The number of aromatic nitrogens is 1. The number of hydrogen-bond donors (Lipinski definition) is 0. The molecule has 0 unspecified atom stereocenters. The van der Waals surface area contributed by atoms with E-state index in [0.717, 1.165) is 28.1 Å². The molecule has 0 aliphatic carbocycles. The second-order valence-corrected chi connectivity index (χ2v) is 8.00. The van der Waals surface area contributed by atoms with Crippen LogP contribution in [0, 0.1) is 6.92 Å². The molecular formula is C26H24N2O5. The Bertz CT molecular complexity index is 1250. The zero-order valence-electron chi connectivity index (χ0n) is 18.8. The number of carbonyl (C=O) groups is 1. The SMILES string of the molecule is COc1ccc(/C=C2/Oc3c(cc4c(c3C)OCN(Cc3ccccn3)C4)C2=O)cc1OC. The molecule has 0 amide bonds. The summed E-state index contributed by atoms with van der Waals surface area (Å²) < 4.78 is 22.7. The lowest BCUT2D eigenvalue weighted by atomic mass is 10.00. The van der Waals surface area contributed by atoms with E-state index in [4.69, 9.17) is 18.9 Å². The monoisotopic (exact) mass is 444 g/mol. The van der Waals surface area contributed by atoms with Gasteiger partial charge >= 0.3 is 0 Å². The summed E-state index contributed by atoms with van der Waals surface area (Å²) in [6.45, 7) is 3.72. The Morgan fingerprint density at radius 1 is 1.09 bits per heavy atom. The van der Waals surface area contributed by atoms with Crippen LogP contribution in [-0.2, 0) is 13.1 Å². The molecule has 0 bridgehead atoms. The van der Waals surface area contributed by atoms with Crippen LogP contribution in [0.15, 0.2) is 54.4 Å². The van der Waals surface area contributed by atoms with Crippen LogP contribution in [-0.4, -0.2) is 36.6 Å². The van der Waals surface area contributed by atoms with Crippen molar-refractivity contribution in [1.82, 2.24) is 9.88 Å². The second-order valence-electron chi connectivity index (χ2n) is 8.00. The van der Waals surface area contributed by atoms with Crippen LogP contribution < -0.4 is 18.9 Å². The van der Waals surface area contributed by atoms with Gasteiger partial charge in [0.15, 0.2) is 17.3 Å². The molecule has 0 saturated heterocycles. The summed E-state index contributed by atoms with van der Waals surface area (Å²) >= 11 is 0. The van der Waals surface area contributed by atoms with Crippen molar-refractivity contribution in [3.8, 4) is 23.0 Å². The Hall–Kier alpha value is -3.84. The number of rotatable bonds is 5. The third-order valence-corrected chi connectivity index (χ3v) is 5.82. The maximum Gasteiger partial charge on any atom is 0.231 e. The van der Waals surface area contributed by atoms with Crippen LogP contribution in [0.3, 0.4) is 0 Å². The minimum atomic E-state index is -0.146. The van der Waals surface area contributed by atoms with Gasteiger partial charge in [0, 0.05) is 30.4 Å². The first kappa shape index (κ1) is 21.0. The summed E-state index contributed by atoms with van der Waals surface area (Å²) in [5.41, 5.74) is 4.12. The molecule has 5 rings (SSSR count). The second kappa shape index (κ2) is 8.60. The van der Waals surface area contributed by atoms with Crippen molar-refractivity contribution in [2.75, 3.05) is 21.0 Å². The van der Waals surface area contributed by atoms with Crippen molar-refractivity contribution in [3.05, 3.63) is 82.4 Å². The Kier molecular flexibility index (Phi) is 5.48. The van der Waals surface area contributed by atoms with Crippen molar-refractivity contribution in [2.45, 2.75) is 20.0 Å². The third kappa shape index (κ3) is 3.91. The highest BCUT2D eigenvalue weighted by Crippen LogP contribution is 2.43. The number of methoxy groups -OCH3 is 2. The van der Waals surface area contributed by atoms with Crippen LogP contribution >= 0.6 is 0 Å². The van der Waals surface area contributed by atoms with E-state index in [1.807, 2.05) is 43.3 Å². The number of Topliss-reactive ketones (excluding diaryl/α,β-unsaturated/α-hetero) is 1. The van der Waals surface area contributed by atoms with Crippen LogP contribution in [0.4, 0.5) is 0 Å². The molecule has 33 heavy (non-hydrogen) atoms. The minimum absolute atomic E-state index is 0.146. The minimum Gasteiger partial charge on any atom is -0.493 e. The number of allylic oxidation sites excluding steroid dienone is 1. The first-order valence-electron chi connectivity index (χ1n) is 10.6. The average Bonchev–Trinajstić information content (AvgIpc) is 3.15. The lowest BCUT2D eigenvalue weighted by Crippen LogP contribution is -2.32. The highest BCUT2D eigenvalue weighted by atomic mass is 16.5. The van der Waals surface area contributed by atoms with Gasteiger partial charge in [0.1, 0.15) is 18.2 Å². The Morgan fingerprint density at radius 3 is 2.70 bits per heavy atom. The van der Waals surface area contributed by atoms with Gasteiger partial charge in [-0.15, -0.1) is 0 Å². The Labute approximate surface area is 192 Å². The van der Waals surface area contributed by atoms with Gasteiger partial charge in [-0.1, -0.05) is 12.1 Å². The molecule has 2 aliphatic rings. The summed E-state index contributed by atoms with van der Waals surface area (Å²) in [4.78, 5) is 19.7. The first-order chi connectivity index (χ1) is 16.1. The van der Waals surface area contributed by atoms with Crippen LogP contribution in [0.25, 0.3) is 6.08 Å². The van der Waals surface area contributed by atoms with Gasteiger partial charge in [0.05, 0.1) is 25.5 Å². The normalized spacial score (nSPS) is 16.1. The van der Waals surface area contributed by atoms with Gasteiger partial charge in [-0.2, -0.15) is 0 Å². The largest absolute Gasteiger partial charge is 0.493 e. The predicted octanol–water partition coefficient (Wildman–Crippen LogP) is 4.38. The van der Waals surface area contributed by atoms with Crippen molar-refractivity contribution < 1.29 is 23.7 Å². The maximum atomic E-state index is 13.2. The van der Waals surface area contributed by atoms with E-state index in [2.05, 4.69) is 9.88 Å². The van der Waals surface area contributed by atoms with Crippen LogP contribution in [0.2, 0.25) is 0 Å². The molecule has 0 atom stereocenters. The number of ether oxygens (including phenoxy) is 4. The highest BCUT2D eigenvalue weighted by Gasteiger charge is 2.33. The van der Waals surface area contributed by atoms with E-state index in [9.17, 15) is 4.79 Å². The maximum absolute atomic E-state index is 13.2. The summed E-state index contributed by atoms with van der Waals surface area (Å²) in [6.07, 6.45) is 3.50. The number of benzene rings is 2. The molecule has 7 heteroatoms. The fraction of sp³-hybridized carbons (Fsp3) is 0.231. The van der Waals surface area contributed by atoms with Gasteiger partial charge in [-0.05, 0) is 48.9 Å². The zero-order valence-corrected chi connectivity index (χ0v) is 18.8. The quantitative estimate of drug-likeness (QED) is 0.541. The molecule has 0 N–H and O–H groups in total. The van der Waals surface area contributed by atoms with Gasteiger partial charge in [0.25, 0.3) is 0 Å². The van der Waals surface area contributed by atoms with Crippen molar-refractivity contribution in [1.29, 1.82) is 0 Å². The molecule has 7 nitrogen and oxygen atoms in total. The van der Waals surface area contributed by atoms with E-state index in [0.29, 0.717) is 42.6 Å². The van der Waals surface area contributed by atoms with Gasteiger partial charge < -0.3 is 18.9 Å². The van der Waals surface area contributed by atoms with E-state index in [-0.39, 0.29) is 11.5 Å². The molecule has 0 spiro atoms. The van der Waals surface area contributed by atoms with Crippen molar-refractivity contribution in [2.24, 2.45) is 0 Å². The lowest BCUT2D eigenvalue weighted by Gasteiger charge is -2.30. The van der Waals surface area contributed by atoms with E-state index in [1.54, 1.807) is 32.6 Å². The number of carbonyl (C=O) groups excluding carboxylic acids is 1. The number of pyridine rings is 1. The van der Waals surface area contributed by atoms with E-state index < -0.39 is 0 Å². The van der Waals surface area contributed by atoms with Crippen molar-refractivity contribution in [3.63, 3.8) is 0 Å². The fourth-order valence-corrected chi connectivity index (χ4v) is 4.21. The molecule has 0 fully saturated rings. The highest BCUT2D eigenvalue weighted by molar-refractivity contribution is 6.15.